The Hall–Kier alpha value is -2.96. The SMILES string of the molecule is Nc1nc2c(c(C(=O)N3CCCC4(C3)C(=O)Nc3ccccc34)n1)CCCC2. The van der Waals surface area contributed by atoms with Gasteiger partial charge in [-0.2, -0.15) is 0 Å². The second-order valence-electron chi connectivity index (χ2n) is 7.97. The highest BCUT2D eigenvalue weighted by molar-refractivity contribution is 6.07. The van der Waals surface area contributed by atoms with Crippen LogP contribution in [0.4, 0.5) is 11.6 Å². The van der Waals surface area contributed by atoms with E-state index in [9.17, 15) is 9.59 Å². The summed E-state index contributed by atoms with van der Waals surface area (Å²) in [5.41, 5.74) is 9.31. The van der Waals surface area contributed by atoms with Gasteiger partial charge in [0.25, 0.3) is 5.91 Å². The second kappa shape index (κ2) is 6.29. The van der Waals surface area contributed by atoms with E-state index in [0.29, 0.717) is 18.8 Å². The van der Waals surface area contributed by atoms with Gasteiger partial charge < -0.3 is 16.0 Å². The number of nitrogens with zero attached hydrogens (tertiary/aromatic N) is 3. The van der Waals surface area contributed by atoms with Crippen LogP contribution in [-0.2, 0) is 23.1 Å². The fourth-order valence-corrected chi connectivity index (χ4v) is 4.95. The van der Waals surface area contributed by atoms with E-state index in [0.717, 1.165) is 61.0 Å². The Balaban J connectivity index is 1.51. The van der Waals surface area contributed by atoms with E-state index in [1.54, 1.807) is 4.90 Å². The molecule has 7 nitrogen and oxygen atoms in total. The molecule has 2 amide bonds. The number of benzene rings is 1. The molecule has 0 bridgehead atoms. The van der Waals surface area contributed by atoms with Crippen LogP contribution in [0.3, 0.4) is 0 Å². The number of likely N-dealkylation sites (tertiary alicyclic amines) is 1. The zero-order chi connectivity index (χ0) is 19.3. The third-order valence-electron chi connectivity index (χ3n) is 6.31. The highest BCUT2D eigenvalue weighted by atomic mass is 16.2. The highest BCUT2D eigenvalue weighted by Gasteiger charge is 2.50. The Kier molecular flexibility index (Phi) is 3.86. The number of nitrogens with one attached hydrogen (secondary N) is 1. The van der Waals surface area contributed by atoms with E-state index in [2.05, 4.69) is 15.3 Å². The van der Waals surface area contributed by atoms with Gasteiger partial charge in [0.15, 0.2) is 0 Å². The Bertz CT molecular complexity index is 989. The number of rotatable bonds is 1. The molecule has 28 heavy (non-hydrogen) atoms. The first-order valence-corrected chi connectivity index (χ1v) is 9.94. The maximum atomic E-state index is 13.4. The van der Waals surface area contributed by atoms with Gasteiger partial charge in [-0.3, -0.25) is 9.59 Å². The monoisotopic (exact) mass is 377 g/mol. The van der Waals surface area contributed by atoms with Crippen molar-refractivity contribution in [1.82, 2.24) is 14.9 Å². The summed E-state index contributed by atoms with van der Waals surface area (Å²) in [6.45, 7) is 0.988. The van der Waals surface area contributed by atoms with Crippen LogP contribution in [0.25, 0.3) is 0 Å². The largest absolute Gasteiger partial charge is 0.368 e. The summed E-state index contributed by atoms with van der Waals surface area (Å²) in [6, 6.07) is 7.78. The zero-order valence-electron chi connectivity index (χ0n) is 15.7. The van der Waals surface area contributed by atoms with Crippen LogP contribution in [0.1, 0.15) is 53.0 Å². The number of hydrogen-bond donors (Lipinski definition) is 2. The fraction of sp³-hybridized carbons (Fsp3) is 0.429. The van der Waals surface area contributed by atoms with Crippen LogP contribution in [0, 0.1) is 0 Å². The molecule has 1 fully saturated rings. The third-order valence-corrected chi connectivity index (χ3v) is 6.31. The van der Waals surface area contributed by atoms with Crippen LogP contribution >= 0.6 is 0 Å². The Morgan fingerprint density at radius 1 is 1.14 bits per heavy atom. The number of fused-ring (bicyclic) bond motifs is 3. The van der Waals surface area contributed by atoms with Gasteiger partial charge in [-0.25, -0.2) is 9.97 Å². The lowest BCUT2D eigenvalue weighted by molar-refractivity contribution is -0.122. The first kappa shape index (κ1) is 17.2. The Labute approximate surface area is 163 Å². The van der Waals surface area contributed by atoms with E-state index in [4.69, 9.17) is 5.73 Å². The van der Waals surface area contributed by atoms with Crippen molar-refractivity contribution in [2.75, 3.05) is 24.1 Å². The number of piperidine rings is 1. The average Bonchev–Trinajstić information content (AvgIpc) is 2.98. The molecule has 1 unspecified atom stereocenters. The minimum absolute atomic E-state index is 0.0181. The van der Waals surface area contributed by atoms with Gasteiger partial charge in [0, 0.05) is 30.0 Å². The smallest absolute Gasteiger partial charge is 0.272 e. The summed E-state index contributed by atoms with van der Waals surface area (Å²) in [7, 11) is 0. The van der Waals surface area contributed by atoms with Crippen molar-refractivity contribution in [2.24, 2.45) is 0 Å². The number of nitrogen functional groups attached to an aromatic ring is 1. The molecule has 2 aromatic rings. The van der Waals surface area contributed by atoms with Crippen molar-refractivity contribution in [3.8, 4) is 0 Å². The van der Waals surface area contributed by atoms with Crippen molar-refractivity contribution < 1.29 is 9.59 Å². The molecule has 0 radical (unpaired) electrons. The Morgan fingerprint density at radius 3 is 2.86 bits per heavy atom. The number of aromatic nitrogens is 2. The van der Waals surface area contributed by atoms with Crippen molar-refractivity contribution in [3.05, 3.63) is 46.8 Å². The fourth-order valence-electron chi connectivity index (χ4n) is 4.95. The molecule has 3 N–H and O–H groups in total. The summed E-state index contributed by atoms with van der Waals surface area (Å²) in [6.07, 6.45) is 5.24. The minimum atomic E-state index is -0.677. The normalized spacial score (nSPS) is 23.3. The lowest BCUT2D eigenvalue weighted by Gasteiger charge is -2.39. The first-order chi connectivity index (χ1) is 13.6. The molecule has 7 heteroatoms. The van der Waals surface area contributed by atoms with E-state index in [-0.39, 0.29) is 17.8 Å². The minimum Gasteiger partial charge on any atom is -0.368 e. The number of anilines is 2. The summed E-state index contributed by atoms with van der Waals surface area (Å²) in [4.78, 5) is 36.8. The molecule has 1 atom stereocenters. The van der Waals surface area contributed by atoms with Crippen LogP contribution in [0.2, 0.25) is 0 Å². The van der Waals surface area contributed by atoms with E-state index in [1.165, 1.54) is 0 Å². The highest BCUT2D eigenvalue weighted by Crippen LogP contribution is 2.43. The van der Waals surface area contributed by atoms with Crippen LogP contribution in [0.5, 0.6) is 0 Å². The molecular weight excluding hydrogens is 354 g/mol. The summed E-state index contributed by atoms with van der Waals surface area (Å²) >= 11 is 0. The first-order valence-electron chi connectivity index (χ1n) is 9.94. The van der Waals surface area contributed by atoms with Gasteiger partial charge >= 0.3 is 0 Å². The third kappa shape index (κ3) is 2.49. The van der Waals surface area contributed by atoms with E-state index < -0.39 is 5.41 Å². The molecule has 2 aliphatic heterocycles. The van der Waals surface area contributed by atoms with Gasteiger partial charge in [-0.15, -0.1) is 0 Å². The van der Waals surface area contributed by atoms with Gasteiger partial charge in [-0.05, 0) is 50.2 Å². The van der Waals surface area contributed by atoms with E-state index in [1.807, 2.05) is 24.3 Å². The van der Waals surface area contributed by atoms with Crippen LogP contribution < -0.4 is 11.1 Å². The molecule has 144 valence electrons. The molecule has 1 spiro atoms. The molecule has 5 rings (SSSR count). The van der Waals surface area contributed by atoms with Crippen molar-refractivity contribution in [2.45, 2.75) is 43.9 Å². The molecule has 1 aromatic heterocycles. The lowest BCUT2D eigenvalue weighted by atomic mass is 9.75. The molecule has 1 saturated heterocycles. The second-order valence-corrected chi connectivity index (χ2v) is 7.97. The molecule has 1 aliphatic carbocycles. The van der Waals surface area contributed by atoms with Gasteiger partial charge in [-0.1, -0.05) is 18.2 Å². The predicted molar refractivity (Wildman–Crippen MR) is 105 cm³/mol. The molecule has 1 aromatic carbocycles. The predicted octanol–water partition coefficient (Wildman–Crippen LogP) is 2.06. The van der Waals surface area contributed by atoms with Gasteiger partial charge in [0.2, 0.25) is 11.9 Å². The summed E-state index contributed by atoms with van der Waals surface area (Å²) in [5, 5.41) is 2.99. The number of para-hydroxylation sites is 1. The molecule has 3 aliphatic rings. The Morgan fingerprint density at radius 2 is 1.96 bits per heavy atom. The van der Waals surface area contributed by atoms with Crippen molar-refractivity contribution in [3.63, 3.8) is 0 Å². The number of carbonyl (C=O) groups is 2. The number of nitrogens with two attached hydrogens (primary N) is 1. The summed E-state index contributed by atoms with van der Waals surface area (Å²) < 4.78 is 0. The topological polar surface area (TPSA) is 101 Å². The number of carbonyl (C=O) groups excluding carboxylic acids is 2. The maximum absolute atomic E-state index is 13.4. The molecule has 0 saturated carbocycles. The maximum Gasteiger partial charge on any atom is 0.272 e. The molecular formula is C21H23N5O2. The molecule has 3 heterocycles. The van der Waals surface area contributed by atoms with E-state index >= 15 is 0 Å². The van der Waals surface area contributed by atoms with Gasteiger partial charge in [0.05, 0.1) is 5.41 Å². The van der Waals surface area contributed by atoms with Gasteiger partial charge in [0.1, 0.15) is 5.69 Å². The quantitative estimate of drug-likeness (QED) is 0.792. The lowest BCUT2D eigenvalue weighted by Crippen LogP contribution is -2.52. The number of hydrogen-bond acceptors (Lipinski definition) is 5. The van der Waals surface area contributed by atoms with Crippen LogP contribution in [-0.4, -0.2) is 39.8 Å². The average molecular weight is 377 g/mol. The number of amides is 2. The number of aryl methyl sites for hydroxylation is 1. The van der Waals surface area contributed by atoms with Crippen LogP contribution in [0.15, 0.2) is 24.3 Å². The standard InChI is InChI=1S/C21H23N5O2/c22-20-24-15-8-3-1-6-13(15)17(25-20)18(27)26-11-5-10-21(12-26)14-7-2-4-9-16(14)23-19(21)28/h2,4,7,9H,1,3,5-6,8,10-12H2,(H,23,28)(H2,22,24,25). The summed E-state index contributed by atoms with van der Waals surface area (Å²) in [5.74, 6) is -0.00128. The van der Waals surface area contributed by atoms with Crippen molar-refractivity contribution >= 4 is 23.5 Å². The zero-order valence-corrected chi connectivity index (χ0v) is 15.7. The van der Waals surface area contributed by atoms with Crippen molar-refractivity contribution in [1.29, 1.82) is 0 Å².